The Balaban J connectivity index is 1.30. The molecular weight excluding hydrogens is 592 g/mol. The lowest BCUT2D eigenvalue weighted by atomic mass is 9.81. The summed E-state index contributed by atoms with van der Waals surface area (Å²) in [5.41, 5.74) is 2.20. The van der Waals surface area contributed by atoms with E-state index in [4.69, 9.17) is 9.47 Å². The molecule has 9 nitrogen and oxygen atoms in total. The fourth-order valence-electron chi connectivity index (χ4n) is 7.13. The Kier molecular flexibility index (Phi) is 11.0. The van der Waals surface area contributed by atoms with Crippen molar-refractivity contribution in [3.8, 4) is 0 Å². The maximum Gasteiger partial charge on any atom is 0.223 e. The molecule has 4 aliphatic rings. The third-order valence-corrected chi connectivity index (χ3v) is 11.9. The van der Waals surface area contributed by atoms with Gasteiger partial charge in [-0.2, -0.15) is 0 Å². The zero-order chi connectivity index (χ0) is 32.2. The number of morpholine rings is 1. The zero-order valence-corrected chi connectivity index (χ0v) is 27.8. The summed E-state index contributed by atoms with van der Waals surface area (Å²) in [4.78, 5) is 55.9. The molecule has 1 unspecified atom stereocenters. The van der Waals surface area contributed by atoms with E-state index in [0.717, 1.165) is 42.4 Å². The van der Waals surface area contributed by atoms with Crippen LogP contribution in [-0.4, -0.2) is 95.1 Å². The molecule has 5 atom stereocenters. The number of Topliss-reactive ketones (excluding diaryl/α,β-unsaturated/α-hetero) is 3. The van der Waals surface area contributed by atoms with Crippen LogP contribution in [0.3, 0.4) is 0 Å². The number of fused-ring (bicyclic) bond motifs is 1. The summed E-state index contributed by atoms with van der Waals surface area (Å²) in [5.74, 6) is 3.70. The smallest absolute Gasteiger partial charge is 0.223 e. The molecule has 0 aromatic heterocycles. The van der Waals surface area contributed by atoms with E-state index in [1.807, 2.05) is 23.1 Å². The molecule has 5 rings (SSSR count). The standard InChI is InChI=1S/C35H50N2O7S/c1-24(16-30(38)21-37-11-13-43-14-12-37)34(41)36-31(19-26-8-9-28-22-45(3,42)15-10-27(28)18-26)32(39)20-29(17-25-6-4-5-7-25)33(40)35(2)23-44-35/h8-9,18,24-25,29,31H,3-7,10-17,19-23H2,1-2H3,(H,36,41)/t24-,29-,31+,35-,45?/m1/s1. The first-order chi connectivity index (χ1) is 21.4. The lowest BCUT2D eigenvalue weighted by Crippen LogP contribution is -2.46. The largest absolute Gasteiger partial charge is 0.379 e. The molecule has 3 fully saturated rings. The van der Waals surface area contributed by atoms with E-state index in [0.29, 0.717) is 63.2 Å². The van der Waals surface area contributed by atoms with E-state index in [1.165, 1.54) is 0 Å². The van der Waals surface area contributed by atoms with E-state index in [2.05, 4.69) is 11.2 Å². The first-order valence-corrected chi connectivity index (χ1v) is 18.7. The Bertz CT molecular complexity index is 1370. The number of nitrogens with zero attached hydrogens (tertiary/aromatic N) is 1. The van der Waals surface area contributed by atoms with Gasteiger partial charge in [0.05, 0.1) is 32.4 Å². The van der Waals surface area contributed by atoms with Crippen LogP contribution in [0.15, 0.2) is 18.2 Å². The number of carbonyl (C=O) groups is 4. The van der Waals surface area contributed by atoms with Crippen LogP contribution in [0.1, 0.15) is 75.5 Å². The highest BCUT2D eigenvalue weighted by Gasteiger charge is 2.50. The van der Waals surface area contributed by atoms with Crippen molar-refractivity contribution in [1.82, 2.24) is 10.2 Å². The van der Waals surface area contributed by atoms with Crippen LogP contribution in [0.2, 0.25) is 0 Å². The normalized spacial score (nSPS) is 27.2. The summed E-state index contributed by atoms with van der Waals surface area (Å²) >= 11 is 0. The average molecular weight is 643 g/mol. The predicted molar refractivity (Wildman–Crippen MR) is 175 cm³/mol. The van der Waals surface area contributed by atoms with Crippen molar-refractivity contribution in [3.05, 3.63) is 34.9 Å². The quantitative estimate of drug-likeness (QED) is 0.229. The van der Waals surface area contributed by atoms with Crippen LogP contribution in [0.25, 0.3) is 0 Å². The summed E-state index contributed by atoms with van der Waals surface area (Å²) in [5, 5.41) is 2.99. The second-order valence-corrected chi connectivity index (χ2v) is 16.7. The second-order valence-electron chi connectivity index (χ2n) is 14.1. The van der Waals surface area contributed by atoms with Gasteiger partial charge in [-0.1, -0.05) is 50.8 Å². The van der Waals surface area contributed by atoms with E-state index < -0.39 is 33.0 Å². The third kappa shape index (κ3) is 9.33. The highest BCUT2D eigenvalue weighted by atomic mass is 32.2. The van der Waals surface area contributed by atoms with Crippen LogP contribution in [0.4, 0.5) is 0 Å². The fraction of sp³-hybridized carbons (Fsp3) is 0.686. The maximum absolute atomic E-state index is 14.1. The number of nitrogens with one attached hydrogen (secondary N) is 1. The molecule has 1 amide bonds. The van der Waals surface area contributed by atoms with E-state index in [9.17, 15) is 23.4 Å². The second kappa shape index (κ2) is 14.6. The van der Waals surface area contributed by atoms with Crippen molar-refractivity contribution in [1.29, 1.82) is 0 Å². The molecule has 3 heterocycles. The highest BCUT2D eigenvalue weighted by molar-refractivity contribution is 7.99. The summed E-state index contributed by atoms with van der Waals surface area (Å²) in [6.07, 6.45) is 6.19. The van der Waals surface area contributed by atoms with Gasteiger partial charge >= 0.3 is 0 Å². The minimum absolute atomic E-state index is 0.0135. The number of amides is 1. The van der Waals surface area contributed by atoms with Crippen LogP contribution in [0, 0.1) is 17.8 Å². The van der Waals surface area contributed by atoms with E-state index in [1.54, 1.807) is 13.8 Å². The number of ether oxygens (including phenoxy) is 2. The molecule has 3 aliphatic heterocycles. The molecule has 0 bridgehead atoms. The van der Waals surface area contributed by atoms with Gasteiger partial charge in [-0.25, -0.2) is 0 Å². The number of aryl methyl sites for hydroxylation is 1. The Morgan fingerprint density at radius 1 is 1.11 bits per heavy atom. The van der Waals surface area contributed by atoms with Crippen molar-refractivity contribution in [2.45, 2.75) is 89.0 Å². The van der Waals surface area contributed by atoms with Crippen LogP contribution in [-0.2, 0) is 56.8 Å². The molecule has 10 heteroatoms. The van der Waals surface area contributed by atoms with Gasteiger partial charge in [0.25, 0.3) is 0 Å². The van der Waals surface area contributed by atoms with Crippen LogP contribution >= 0.6 is 0 Å². The number of benzene rings is 1. The summed E-state index contributed by atoms with van der Waals surface area (Å²) in [7, 11) is -2.12. The minimum atomic E-state index is -2.12. The molecule has 1 aromatic rings. The lowest BCUT2D eigenvalue weighted by Gasteiger charge is -2.27. The average Bonchev–Trinajstić information content (AvgIpc) is 3.54. The Hall–Kier alpha value is -2.40. The topological polar surface area (TPSA) is 122 Å². The van der Waals surface area contributed by atoms with Crippen LogP contribution < -0.4 is 5.32 Å². The molecule has 1 aliphatic carbocycles. The maximum atomic E-state index is 14.1. The SMILES string of the molecule is C=S1(=O)CCc2cc(C[C@H](NC(=O)[C@H](C)CC(=O)CN3CCOCC3)C(=O)C[C@@H](CC3CCCC3)C(=O)[C@@]3(C)CO3)ccc2C1. The molecular formula is C35H50N2O7S. The van der Waals surface area contributed by atoms with Crippen molar-refractivity contribution in [2.24, 2.45) is 17.8 Å². The predicted octanol–water partition coefficient (Wildman–Crippen LogP) is 2.93. The van der Waals surface area contributed by atoms with Crippen LogP contribution in [0.5, 0.6) is 0 Å². The van der Waals surface area contributed by atoms with Crippen molar-refractivity contribution in [2.75, 3.05) is 45.2 Å². The molecule has 0 spiro atoms. The van der Waals surface area contributed by atoms with Gasteiger partial charge in [0.1, 0.15) is 11.4 Å². The summed E-state index contributed by atoms with van der Waals surface area (Å²) in [6.45, 7) is 6.77. The Morgan fingerprint density at radius 2 is 1.82 bits per heavy atom. The summed E-state index contributed by atoms with van der Waals surface area (Å²) in [6, 6.07) is 5.11. The first-order valence-electron chi connectivity index (χ1n) is 16.7. The van der Waals surface area contributed by atoms with Crippen molar-refractivity contribution >= 4 is 38.6 Å². The van der Waals surface area contributed by atoms with E-state index in [-0.39, 0.29) is 49.1 Å². The van der Waals surface area contributed by atoms with E-state index >= 15 is 0 Å². The minimum Gasteiger partial charge on any atom is -0.379 e. The number of carbonyl (C=O) groups excluding carboxylic acids is 4. The molecule has 0 radical (unpaired) electrons. The number of ketones is 3. The number of rotatable bonds is 15. The highest BCUT2D eigenvalue weighted by Crippen LogP contribution is 2.37. The molecule has 2 saturated heterocycles. The van der Waals surface area contributed by atoms with Crippen molar-refractivity contribution in [3.63, 3.8) is 0 Å². The molecule has 248 valence electrons. The van der Waals surface area contributed by atoms with Gasteiger partial charge in [-0.15, -0.1) is 0 Å². The van der Waals surface area contributed by atoms with Gasteiger partial charge in [0, 0.05) is 49.3 Å². The van der Waals surface area contributed by atoms with Gasteiger partial charge in [0.15, 0.2) is 11.6 Å². The molecule has 1 saturated carbocycles. The van der Waals surface area contributed by atoms with Gasteiger partial charge < -0.3 is 14.8 Å². The number of hydrogen-bond donors (Lipinski definition) is 1. The fourth-order valence-corrected chi connectivity index (χ4v) is 8.72. The molecule has 1 N–H and O–H groups in total. The Labute approximate surface area is 268 Å². The third-order valence-electron chi connectivity index (χ3n) is 10.1. The van der Waals surface area contributed by atoms with Gasteiger partial charge in [-0.3, -0.25) is 28.3 Å². The molecule has 1 aromatic carbocycles. The lowest BCUT2D eigenvalue weighted by molar-refractivity contribution is -0.134. The zero-order valence-electron chi connectivity index (χ0n) is 27.0. The first kappa shape index (κ1) is 33.9. The number of hydrogen-bond acceptors (Lipinski definition) is 8. The molecule has 45 heavy (non-hydrogen) atoms. The Morgan fingerprint density at radius 3 is 2.51 bits per heavy atom. The summed E-state index contributed by atoms with van der Waals surface area (Å²) < 4.78 is 23.4. The number of epoxide rings is 1. The van der Waals surface area contributed by atoms with Gasteiger partial charge in [0.2, 0.25) is 5.91 Å². The monoisotopic (exact) mass is 642 g/mol. The van der Waals surface area contributed by atoms with Crippen molar-refractivity contribution < 1.29 is 32.9 Å². The van der Waals surface area contributed by atoms with Gasteiger partial charge in [-0.05, 0) is 64.2 Å².